The number of aldehydes is 1. The Morgan fingerprint density at radius 3 is 2.23 bits per heavy atom. The van der Waals surface area contributed by atoms with Crippen molar-refractivity contribution in [3.63, 3.8) is 0 Å². The number of piperidine rings is 2. The van der Waals surface area contributed by atoms with Crippen LogP contribution in [0, 0.1) is 0 Å². The molecule has 30 heavy (non-hydrogen) atoms. The van der Waals surface area contributed by atoms with Crippen molar-refractivity contribution < 1.29 is 15.0 Å². The number of hydrogen-bond donors (Lipinski definition) is 3. The summed E-state index contributed by atoms with van der Waals surface area (Å²) >= 11 is 0. The first-order chi connectivity index (χ1) is 14.2. The molecule has 3 N–H and O–H groups in total. The molecule has 4 rings (SSSR count). The highest BCUT2D eigenvalue weighted by Crippen LogP contribution is 2.12. The highest BCUT2D eigenvalue weighted by molar-refractivity contribution is 5.85. The van der Waals surface area contributed by atoms with E-state index in [-0.39, 0.29) is 24.6 Å². The normalized spacial score (nSPS) is 21.0. The minimum atomic E-state index is -0.146. The Morgan fingerprint density at radius 2 is 1.77 bits per heavy atom. The van der Waals surface area contributed by atoms with Crippen molar-refractivity contribution in [3.05, 3.63) is 60.2 Å². The van der Waals surface area contributed by atoms with Gasteiger partial charge in [-0.25, -0.2) is 0 Å². The van der Waals surface area contributed by atoms with Gasteiger partial charge in [0.25, 0.3) is 0 Å². The first-order valence-corrected chi connectivity index (χ1v) is 10.2. The number of nitrogens with one attached hydrogen (secondary N) is 1. The molecule has 0 unspecified atom stereocenters. The lowest BCUT2D eigenvalue weighted by molar-refractivity contribution is 0.0662. The SMILES string of the molecule is Cl.O=Cc1ccccn1.O[C@@H]1CCCN(Cc2ccccn2)C1.O[C@@H]1CCCNC1. The molecule has 7 nitrogen and oxygen atoms in total. The summed E-state index contributed by atoms with van der Waals surface area (Å²) < 4.78 is 0. The van der Waals surface area contributed by atoms with Gasteiger partial charge in [-0.2, -0.15) is 0 Å². The van der Waals surface area contributed by atoms with Crippen LogP contribution in [0.2, 0.25) is 0 Å². The molecule has 2 aromatic rings. The van der Waals surface area contributed by atoms with E-state index in [1.807, 2.05) is 24.4 Å². The van der Waals surface area contributed by atoms with E-state index < -0.39 is 0 Å². The quantitative estimate of drug-likeness (QED) is 0.633. The number of carbonyl (C=O) groups is 1. The summed E-state index contributed by atoms with van der Waals surface area (Å²) in [6.07, 6.45) is 8.04. The molecule has 2 saturated heterocycles. The third-order valence-corrected chi connectivity index (χ3v) is 4.67. The first-order valence-electron chi connectivity index (χ1n) is 10.2. The van der Waals surface area contributed by atoms with Crippen LogP contribution in [0.25, 0.3) is 0 Å². The van der Waals surface area contributed by atoms with Crippen LogP contribution in [0.1, 0.15) is 41.9 Å². The molecule has 166 valence electrons. The molecule has 0 aromatic carbocycles. The molecule has 2 aliphatic rings. The van der Waals surface area contributed by atoms with Crippen molar-refractivity contribution in [1.82, 2.24) is 20.2 Å². The average Bonchev–Trinajstić information content (AvgIpc) is 2.77. The Kier molecular flexibility index (Phi) is 13.8. The Balaban J connectivity index is 0.000000241. The van der Waals surface area contributed by atoms with Crippen molar-refractivity contribution in [2.45, 2.75) is 44.4 Å². The van der Waals surface area contributed by atoms with E-state index in [2.05, 4.69) is 20.2 Å². The standard InChI is InChI=1S/C11H16N2O.C6H5NO.C5H11NO.ClH/c14-11-5-3-7-13(9-11)8-10-4-1-2-6-12-10;8-5-6-3-1-2-4-7-6;7-5-2-1-3-6-4-5;/h1-2,4,6,11,14H,3,5,7-9H2;1-5H;5-7H,1-4H2;1H/t11-;;5-;/m1.1./s1. The molecule has 2 atom stereocenters. The molecule has 2 fully saturated rings. The Bertz CT molecular complexity index is 673. The number of aliphatic hydroxyl groups excluding tert-OH is 2. The number of likely N-dealkylation sites (tertiary alicyclic amines) is 1. The van der Waals surface area contributed by atoms with Crippen LogP contribution in [-0.2, 0) is 6.54 Å². The molecular formula is C22H33ClN4O3. The van der Waals surface area contributed by atoms with Gasteiger partial charge in [0.05, 0.1) is 17.9 Å². The van der Waals surface area contributed by atoms with E-state index in [1.165, 1.54) is 0 Å². The number of rotatable bonds is 3. The maximum atomic E-state index is 9.94. The highest BCUT2D eigenvalue weighted by Gasteiger charge is 2.17. The summed E-state index contributed by atoms with van der Waals surface area (Å²) in [4.78, 5) is 20.2. The van der Waals surface area contributed by atoms with Crippen molar-refractivity contribution in [3.8, 4) is 0 Å². The fourth-order valence-corrected chi connectivity index (χ4v) is 3.17. The van der Waals surface area contributed by atoms with Crippen molar-refractivity contribution in [2.24, 2.45) is 0 Å². The molecule has 0 aliphatic carbocycles. The summed E-state index contributed by atoms with van der Waals surface area (Å²) in [6.45, 7) is 4.60. The van der Waals surface area contributed by atoms with Crippen LogP contribution < -0.4 is 5.32 Å². The molecule has 2 aromatic heterocycles. The van der Waals surface area contributed by atoms with E-state index in [1.54, 1.807) is 24.4 Å². The highest BCUT2D eigenvalue weighted by atomic mass is 35.5. The van der Waals surface area contributed by atoms with Gasteiger partial charge in [0.15, 0.2) is 6.29 Å². The molecule has 0 spiro atoms. The number of carbonyl (C=O) groups excluding carboxylic acids is 1. The predicted octanol–water partition coefficient (Wildman–Crippen LogP) is 2.08. The first kappa shape index (κ1) is 26.1. The van der Waals surface area contributed by atoms with Gasteiger partial charge in [0.2, 0.25) is 0 Å². The molecular weight excluding hydrogens is 404 g/mol. The monoisotopic (exact) mass is 436 g/mol. The van der Waals surface area contributed by atoms with Crippen LogP contribution in [0.5, 0.6) is 0 Å². The minimum Gasteiger partial charge on any atom is -0.392 e. The largest absolute Gasteiger partial charge is 0.392 e. The molecule has 0 bridgehead atoms. The lowest BCUT2D eigenvalue weighted by Crippen LogP contribution is -2.37. The van der Waals surface area contributed by atoms with Gasteiger partial charge in [0.1, 0.15) is 5.69 Å². The van der Waals surface area contributed by atoms with Crippen molar-refractivity contribution in [1.29, 1.82) is 0 Å². The van der Waals surface area contributed by atoms with Gasteiger partial charge in [-0.1, -0.05) is 12.1 Å². The van der Waals surface area contributed by atoms with Gasteiger partial charge in [-0.3, -0.25) is 19.7 Å². The molecule has 0 radical (unpaired) electrons. The van der Waals surface area contributed by atoms with Crippen LogP contribution in [0.15, 0.2) is 48.8 Å². The maximum Gasteiger partial charge on any atom is 0.168 e. The Labute approximate surface area is 185 Å². The van der Waals surface area contributed by atoms with Gasteiger partial charge >= 0.3 is 0 Å². The van der Waals surface area contributed by atoms with Crippen molar-refractivity contribution in [2.75, 3.05) is 26.2 Å². The van der Waals surface area contributed by atoms with Crippen LogP contribution >= 0.6 is 12.4 Å². The molecule has 0 saturated carbocycles. The van der Waals surface area contributed by atoms with E-state index in [9.17, 15) is 9.90 Å². The predicted molar refractivity (Wildman–Crippen MR) is 120 cm³/mol. The number of pyridine rings is 2. The number of halogens is 1. The summed E-state index contributed by atoms with van der Waals surface area (Å²) in [5, 5.41) is 21.4. The minimum absolute atomic E-state index is 0. The molecule has 0 amide bonds. The second-order valence-corrected chi connectivity index (χ2v) is 7.22. The third-order valence-electron chi connectivity index (χ3n) is 4.67. The maximum absolute atomic E-state index is 9.94. The topological polar surface area (TPSA) is 98.6 Å². The number of β-amino-alcohol motifs (C(OH)–C–C–N with tert-alkyl or cyclic N) is 2. The Morgan fingerprint density at radius 1 is 1.03 bits per heavy atom. The van der Waals surface area contributed by atoms with Crippen LogP contribution in [0.3, 0.4) is 0 Å². The van der Waals surface area contributed by atoms with Crippen LogP contribution in [-0.4, -0.2) is 69.8 Å². The number of nitrogens with zero attached hydrogens (tertiary/aromatic N) is 3. The second kappa shape index (κ2) is 15.9. The number of aliphatic hydroxyl groups is 2. The average molecular weight is 437 g/mol. The fourth-order valence-electron chi connectivity index (χ4n) is 3.17. The zero-order valence-corrected chi connectivity index (χ0v) is 18.1. The molecule has 2 aliphatic heterocycles. The summed E-state index contributed by atoms with van der Waals surface area (Å²) in [6, 6.07) is 11.2. The molecule has 4 heterocycles. The van der Waals surface area contributed by atoms with Crippen LogP contribution in [0.4, 0.5) is 0 Å². The third kappa shape index (κ3) is 11.3. The number of hydrogen-bond acceptors (Lipinski definition) is 7. The summed E-state index contributed by atoms with van der Waals surface area (Å²) in [7, 11) is 0. The van der Waals surface area contributed by atoms with E-state index in [4.69, 9.17) is 5.11 Å². The molecule has 8 heteroatoms. The summed E-state index contributed by atoms with van der Waals surface area (Å²) in [5.74, 6) is 0. The zero-order valence-electron chi connectivity index (χ0n) is 17.3. The lowest BCUT2D eigenvalue weighted by Gasteiger charge is -2.29. The Hall–Kier alpha value is -1.90. The van der Waals surface area contributed by atoms with E-state index >= 15 is 0 Å². The van der Waals surface area contributed by atoms with Gasteiger partial charge in [0, 0.05) is 32.0 Å². The fraction of sp³-hybridized carbons (Fsp3) is 0.500. The van der Waals surface area contributed by atoms with Gasteiger partial charge < -0.3 is 15.5 Å². The van der Waals surface area contributed by atoms with E-state index in [0.717, 1.165) is 70.4 Å². The van der Waals surface area contributed by atoms with Gasteiger partial charge in [-0.15, -0.1) is 12.4 Å². The number of aromatic nitrogens is 2. The lowest BCUT2D eigenvalue weighted by atomic mass is 10.1. The zero-order chi connectivity index (χ0) is 20.7. The van der Waals surface area contributed by atoms with E-state index in [0.29, 0.717) is 5.69 Å². The second-order valence-electron chi connectivity index (χ2n) is 7.22. The van der Waals surface area contributed by atoms with Gasteiger partial charge in [-0.05, 0) is 63.0 Å². The van der Waals surface area contributed by atoms with Crippen molar-refractivity contribution >= 4 is 18.7 Å². The summed E-state index contributed by atoms with van der Waals surface area (Å²) in [5.41, 5.74) is 1.56. The smallest absolute Gasteiger partial charge is 0.168 e.